The van der Waals surface area contributed by atoms with Crippen molar-refractivity contribution in [2.24, 2.45) is 0 Å². The average Bonchev–Trinajstić information content (AvgIpc) is 3.47. The second-order valence-electron chi connectivity index (χ2n) is 11.6. The van der Waals surface area contributed by atoms with Gasteiger partial charge in [0.1, 0.15) is 0 Å². The van der Waals surface area contributed by atoms with Crippen LogP contribution in [0.1, 0.15) is 168 Å². The zero-order valence-corrected chi connectivity index (χ0v) is 28.3. The fourth-order valence-corrected chi connectivity index (χ4v) is 7.09. The van der Waals surface area contributed by atoms with Gasteiger partial charge in [-0.25, -0.2) is 9.65 Å². The third-order valence-electron chi connectivity index (χ3n) is 7.72. The zero-order chi connectivity index (χ0) is 28.8. The molecular formula is C33H66N2O3PS+. The van der Waals surface area contributed by atoms with Crippen molar-refractivity contribution in [2.45, 2.75) is 174 Å². The van der Waals surface area contributed by atoms with E-state index in [0.29, 0.717) is 19.8 Å². The molecular weight excluding hydrogens is 535 g/mol. The molecule has 1 rings (SSSR count). The number of rotatable bonds is 32. The van der Waals surface area contributed by atoms with Gasteiger partial charge in [-0.15, -0.1) is 0 Å². The lowest BCUT2D eigenvalue weighted by Crippen LogP contribution is -2.36. The molecule has 7 heteroatoms. The smallest absolute Gasteiger partial charge is 0.297 e. The van der Waals surface area contributed by atoms with Crippen molar-refractivity contribution >= 4 is 19.1 Å². The molecule has 0 aliphatic carbocycles. The molecule has 1 N–H and O–H groups in total. The molecule has 0 amide bonds. The average molecular weight is 602 g/mol. The first kappa shape index (κ1) is 37.8. The lowest BCUT2D eigenvalue weighted by molar-refractivity contribution is -0.690. The Balaban J connectivity index is 2.12. The molecule has 0 fully saturated rings. The van der Waals surface area contributed by atoms with E-state index in [1.54, 1.807) is 11.3 Å². The van der Waals surface area contributed by atoms with Gasteiger partial charge in [0.25, 0.3) is 0 Å². The van der Waals surface area contributed by atoms with Gasteiger partial charge < -0.3 is 0 Å². The van der Waals surface area contributed by atoms with Crippen LogP contribution in [-0.4, -0.2) is 19.8 Å². The molecule has 0 saturated carbocycles. The van der Waals surface area contributed by atoms with Crippen molar-refractivity contribution in [3.63, 3.8) is 0 Å². The van der Waals surface area contributed by atoms with Gasteiger partial charge in [0.2, 0.25) is 5.51 Å². The molecule has 0 atom stereocenters. The number of unbranched alkanes of at least 4 members (excludes halogenated alkanes) is 22. The Morgan fingerprint density at radius 1 is 0.600 bits per heavy atom. The SMILES string of the molecule is CCCCCCCCCCCCCCOP(=O)(NCC[n+]1ccsc1)OCCCCCCCCCCCCCC. The highest BCUT2D eigenvalue weighted by atomic mass is 32.1. The minimum atomic E-state index is -3.26. The summed E-state index contributed by atoms with van der Waals surface area (Å²) in [5.74, 6) is 0. The van der Waals surface area contributed by atoms with E-state index < -0.39 is 7.75 Å². The second kappa shape index (κ2) is 28.8. The van der Waals surface area contributed by atoms with Crippen molar-refractivity contribution in [1.82, 2.24) is 5.09 Å². The van der Waals surface area contributed by atoms with E-state index >= 15 is 0 Å². The second-order valence-corrected chi connectivity index (χ2v) is 14.2. The summed E-state index contributed by atoms with van der Waals surface area (Å²) >= 11 is 1.66. The third-order valence-corrected chi connectivity index (χ3v) is 10.0. The van der Waals surface area contributed by atoms with Crippen molar-refractivity contribution in [2.75, 3.05) is 19.8 Å². The Kier molecular flexibility index (Phi) is 27.2. The number of nitrogens with one attached hydrogen (secondary N) is 1. The molecule has 0 bridgehead atoms. The van der Waals surface area contributed by atoms with Crippen LogP contribution in [0.3, 0.4) is 0 Å². The molecule has 1 aromatic rings. The first-order valence-corrected chi connectivity index (χ1v) is 19.7. The van der Waals surface area contributed by atoms with Crippen LogP contribution in [0.5, 0.6) is 0 Å². The van der Waals surface area contributed by atoms with Crippen LogP contribution in [0, 0.1) is 0 Å². The van der Waals surface area contributed by atoms with E-state index in [2.05, 4.69) is 29.0 Å². The van der Waals surface area contributed by atoms with Gasteiger partial charge in [-0.05, 0) is 12.8 Å². The lowest BCUT2D eigenvalue weighted by Gasteiger charge is -2.19. The zero-order valence-electron chi connectivity index (χ0n) is 26.6. The fraction of sp³-hybridized carbons (Fsp3) is 0.909. The van der Waals surface area contributed by atoms with Crippen molar-refractivity contribution < 1.29 is 18.2 Å². The number of aromatic nitrogens is 1. The summed E-state index contributed by atoms with van der Waals surface area (Å²) in [4.78, 5) is 0. The van der Waals surface area contributed by atoms with E-state index in [1.165, 1.54) is 128 Å². The molecule has 0 radical (unpaired) electrons. The summed E-state index contributed by atoms with van der Waals surface area (Å²) in [6.07, 6.45) is 33.4. The van der Waals surface area contributed by atoms with Gasteiger partial charge in [0, 0.05) is 0 Å². The van der Waals surface area contributed by atoms with Crippen LogP contribution in [0.4, 0.5) is 0 Å². The maximum absolute atomic E-state index is 13.4. The Bertz CT molecular complexity index is 641. The number of hydrogen-bond acceptors (Lipinski definition) is 4. The Labute approximate surface area is 253 Å². The topological polar surface area (TPSA) is 51.4 Å². The molecule has 0 unspecified atom stereocenters. The van der Waals surface area contributed by atoms with Crippen LogP contribution in [-0.2, 0) is 20.2 Å². The highest BCUT2D eigenvalue weighted by molar-refractivity contribution is 7.51. The number of thiazole rings is 1. The predicted molar refractivity (Wildman–Crippen MR) is 174 cm³/mol. The fourth-order valence-electron chi connectivity index (χ4n) is 5.09. The molecule has 0 spiro atoms. The summed E-state index contributed by atoms with van der Waals surface area (Å²) in [5, 5.41) is 5.17. The van der Waals surface area contributed by atoms with E-state index in [-0.39, 0.29) is 0 Å². The van der Waals surface area contributed by atoms with Crippen LogP contribution >= 0.6 is 19.1 Å². The Morgan fingerprint density at radius 2 is 0.975 bits per heavy atom. The maximum atomic E-state index is 13.4. The van der Waals surface area contributed by atoms with Crippen LogP contribution in [0.15, 0.2) is 17.1 Å². The molecule has 0 aromatic carbocycles. The van der Waals surface area contributed by atoms with Crippen molar-refractivity contribution in [1.29, 1.82) is 0 Å². The highest BCUT2D eigenvalue weighted by Crippen LogP contribution is 2.43. The minimum absolute atomic E-state index is 0.506. The van der Waals surface area contributed by atoms with Crippen LogP contribution in [0.2, 0.25) is 0 Å². The monoisotopic (exact) mass is 601 g/mol. The molecule has 5 nitrogen and oxygen atoms in total. The lowest BCUT2D eigenvalue weighted by atomic mass is 10.1. The first-order chi connectivity index (χ1) is 19.7. The highest BCUT2D eigenvalue weighted by Gasteiger charge is 2.24. The summed E-state index contributed by atoms with van der Waals surface area (Å²) in [5.41, 5.74) is 2.06. The van der Waals surface area contributed by atoms with Gasteiger partial charge in [-0.1, -0.05) is 166 Å². The summed E-state index contributed by atoms with van der Waals surface area (Å²) < 4.78 is 27.2. The quantitative estimate of drug-likeness (QED) is 0.0507. The van der Waals surface area contributed by atoms with Gasteiger partial charge in [-0.3, -0.25) is 9.05 Å². The summed E-state index contributed by atoms with van der Waals surface area (Å²) in [7, 11) is -3.26. The molecule has 40 heavy (non-hydrogen) atoms. The van der Waals surface area contributed by atoms with E-state index in [0.717, 1.165) is 32.2 Å². The van der Waals surface area contributed by atoms with E-state index in [9.17, 15) is 4.57 Å². The molecule has 0 aliphatic heterocycles. The minimum Gasteiger partial charge on any atom is -0.297 e. The Morgan fingerprint density at radius 3 is 1.32 bits per heavy atom. The maximum Gasteiger partial charge on any atom is 0.405 e. The molecule has 0 saturated heterocycles. The summed E-state index contributed by atoms with van der Waals surface area (Å²) in [6.45, 7) is 6.91. The standard InChI is InChI=1S/C33H66N2O3PS/c1-3-5-7-9-11-13-15-17-19-21-23-25-30-37-39(36,34-27-28-35-29-32-40-33-35)38-31-26-24-22-20-18-16-14-12-10-8-6-4-2/h29,32-33H,3-28,30-31H2,1-2H3,(H,34,36)/q+1. The van der Waals surface area contributed by atoms with Crippen molar-refractivity contribution in [3.8, 4) is 0 Å². The Hall–Kier alpha value is -0.260. The van der Waals surface area contributed by atoms with E-state index in [4.69, 9.17) is 9.05 Å². The first-order valence-electron chi connectivity index (χ1n) is 17.3. The van der Waals surface area contributed by atoms with Crippen LogP contribution < -0.4 is 9.65 Å². The molecule has 236 valence electrons. The predicted octanol–water partition coefficient (Wildman–Crippen LogP) is 11.2. The third kappa shape index (κ3) is 24.3. The van der Waals surface area contributed by atoms with Crippen LogP contribution in [0.25, 0.3) is 0 Å². The van der Waals surface area contributed by atoms with Gasteiger partial charge in [-0.2, -0.15) is 4.57 Å². The molecule has 0 aliphatic rings. The normalized spacial score (nSPS) is 11.9. The van der Waals surface area contributed by atoms with Crippen molar-refractivity contribution in [3.05, 3.63) is 17.1 Å². The molecule has 1 heterocycles. The number of nitrogens with zero attached hydrogens (tertiary/aromatic N) is 1. The van der Waals surface area contributed by atoms with Gasteiger partial charge in [0.15, 0.2) is 12.7 Å². The number of hydrogen-bond donors (Lipinski definition) is 1. The largest absolute Gasteiger partial charge is 0.405 e. The van der Waals surface area contributed by atoms with Gasteiger partial charge >= 0.3 is 7.75 Å². The summed E-state index contributed by atoms with van der Waals surface area (Å²) in [6, 6.07) is 0. The molecule has 1 aromatic heterocycles. The van der Waals surface area contributed by atoms with E-state index in [1.807, 2.05) is 11.6 Å². The van der Waals surface area contributed by atoms with Gasteiger partial charge in [0.05, 0.1) is 25.1 Å².